The summed E-state index contributed by atoms with van der Waals surface area (Å²) in [6, 6.07) is 8.34. The number of nitrogens with zero attached hydrogens (tertiary/aromatic N) is 1. The van der Waals surface area contributed by atoms with E-state index in [2.05, 4.69) is 20.7 Å². The summed E-state index contributed by atoms with van der Waals surface area (Å²) >= 11 is 5.74. The third-order valence-electron chi connectivity index (χ3n) is 2.28. The van der Waals surface area contributed by atoms with Crippen LogP contribution in [-0.4, -0.2) is 22.3 Å². The molecule has 0 bridgehead atoms. The van der Waals surface area contributed by atoms with Gasteiger partial charge < -0.3 is 5.10 Å². The molecule has 0 spiro atoms. The Hall–Kier alpha value is -2.34. The summed E-state index contributed by atoms with van der Waals surface area (Å²) in [6.07, 6.45) is 1.56. The molecule has 1 aromatic carbocycles. The molecule has 1 amide bonds. The van der Waals surface area contributed by atoms with Gasteiger partial charge in [0.2, 0.25) is 5.91 Å². The van der Waals surface area contributed by atoms with Crippen LogP contribution in [0.15, 0.2) is 40.2 Å². The molecule has 0 saturated heterocycles. The van der Waals surface area contributed by atoms with Crippen molar-refractivity contribution in [3.63, 3.8) is 0 Å². The SMILES string of the molecule is O=C(Cc1cc(=O)[nH][nH]1)N/N=C/c1ccc(Cl)cc1. The number of carbonyl (C=O) groups excluding carboxylic acids is 1. The van der Waals surface area contributed by atoms with Crippen molar-refractivity contribution in [3.8, 4) is 0 Å². The molecule has 7 heteroatoms. The topological polar surface area (TPSA) is 90.1 Å². The van der Waals surface area contributed by atoms with E-state index >= 15 is 0 Å². The Labute approximate surface area is 113 Å². The van der Waals surface area contributed by atoms with Gasteiger partial charge >= 0.3 is 0 Å². The summed E-state index contributed by atoms with van der Waals surface area (Å²) in [5.74, 6) is -0.319. The van der Waals surface area contributed by atoms with Crippen molar-refractivity contribution in [1.29, 1.82) is 0 Å². The van der Waals surface area contributed by atoms with E-state index in [4.69, 9.17) is 11.6 Å². The maximum absolute atomic E-state index is 11.5. The van der Waals surface area contributed by atoms with Crippen molar-refractivity contribution in [2.24, 2.45) is 5.10 Å². The Balaban J connectivity index is 1.86. The number of nitrogens with one attached hydrogen (secondary N) is 3. The average molecular weight is 279 g/mol. The number of aromatic nitrogens is 2. The molecule has 2 aromatic rings. The first-order valence-corrected chi connectivity index (χ1v) is 5.85. The van der Waals surface area contributed by atoms with Gasteiger partial charge in [-0.3, -0.25) is 14.7 Å². The molecule has 19 heavy (non-hydrogen) atoms. The van der Waals surface area contributed by atoms with Crippen LogP contribution in [0.25, 0.3) is 0 Å². The number of benzene rings is 1. The summed E-state index contributed by atoms with van der Waals surface area (Å²) in [6.45, 7) is 0. The molecular formula is C12H11ClN4O2. The lowest BCUT2D eigenvalue weighted by atomic mass is 10.2. The van der Waals surface area contributed by atoms with E-state index < -0.39 is 0 Å². The van der Waals surface area contributed by atoms with Crippen molar-refractivity contribution in [1.82, 2.24) is 15.6 Å². The fourth-order valence-electron chi connectivity index (χ4n) is 1.41. The number of hydrazone groups is 1. The molecule has 0 radical (unpaired) electrons. The highest BCUT2D eigenvalue weighted by molar-refractivity contribution is 6.30. The van der Waals surface area contributed by atoms with Crippen LogP contribution < -0.4 is 11.0 Å². The van der Waals surface area contributed by atoms with E-state index in [0.29, 0.717) is 10.7 Å². The molecule has 0 aliphatic rings. The minimum atomic E-state index is -0.319. The zero-order chi connectivity index (χ0) is 13.7. The van der Waals surface area contributed by atoms with Gasteiger partial charge in [0.05, 0.1) is 12.6 Å². The van der Waals surface area contributed by atoms with Crippen LogP contribution in [-0.2, 0) is 11.2 Å². The van der Waals surface area contributed by atoms with Gasteiger partial charge in [0.15, 0.2) is 0 Å². The van der Waals surface area contributed by atoms with Crippen molar-refractivity contribution < 1.29 is 4.79 Å². The van der Waals surface area contributed by atoms with Crippen LogP contribution in [0.3, 0.4) is 0 Å². The van der Waals surface area contributed by atoms with Crippen LogP contribution in [0, 0.1) is 0 Å². The number of hydrogen-bond donors (Lipinski definition) is 3. The van der Waals surface area contributed by atoms with Crippen LogP contribution >= 0.6 is 11.6 Å². The van der Waals surface area contributed by atoms with Crippen LogP contribution in [0.2, 0.25) is 5.02 Å². The molecular weight excluding hydrogens is 268 g/mol. The number of H-pyrrole nitrogens is 2. The summed E-state index contributed by atoms with van der Waals surface area (Å²) < 4.78 is 0. The number of amides is 1. The predicted octanol–water partition coefficient (Wildman–Crippen LogP) is 1.05. The lowest BCUT2D eigenvalue weighted by molar-refractivity contribution is -0.120. The van der Waals surface area contributed by atoms with E-state index in [9.17, 15) is 9.59 Å². The standard InChI is InChI=1S/C12H11ClN4O2/c13-9-3-1-8(2-4-9)7-14-16-11(18)5-10-6-12(19)17-15-10/h1-4,6-7H,5H2,(H,16,18)(H2,15,17,19)/b14-7+. The second-order valence-corrected chi connectivity index (χ2v) is 4.24. The first kappa shape index (κ1) is 13.1. The molecule has 0 fully saturated rings. The molecule has 6 nitrogen and oxygen atoms in total. The van der Waals surface area contributed by atoms with Gasteiger partial charge in [-0.05, 0) is 17.7 Å². The monoisotopic (exact) mass is 278 g/mol. The highest BCUT2D eigenvalue weighted by atomic mass is 35.5. The summed E-state index contributed by atoms with van der Waals surface area (Å²) in [5.41, 5.74) is 3.42. The van der Waals surface area contributed by atoms with E-state index in [1.807, 2.05) is 0 Å². The van der Waals surface area contributed by atoms with Crippen LogP contribution in [0.4, 0.5) is 0 Å². The summed E-state index contributed by atoms with van der Waals surface area (Å²) in [7, 11) is 0. The van der Waals surface area contributed by atoms with Crippen molar-refractivity contribution in [3.05, 3.63) is 57.0 Å². The molecule has 0 aliphatic heterocycles. The molecule has 0 unspecified atom stereocenters. The number of hydrogen-bond acceptors (Lipinski definition) is 3. The number of carbonyl (C=O) groups is 1. The van der Waals surface area contributed by atoms with E-state index in [-0.39, 0.29) is 17.9 Å². The van der Waals surface area contributed by atoms with Crippen molar-refractivity contribution in [2.45, 2.75) is 6.42 Å². The molecule has 98 valence electrons. The van der Waals surface area contributed by atoms with Gasteiger partial charge in [0.1, 0.15) is 0 Å². The van der Waals surface area contributed by atoms with Gasteiger partial charge in [-0.15, -0.1) is 0 Å². The molecule has 0 atom stereocenters. The van der Waals surface area contributed by atoms with E-state index in [1.54, 1.807) is 24.3 Å². The quantitative estimate of drug-likeness (QED) is 0.576. The normalized spacial score (nSPS) is 10.8. The molecule has 2 rings (SSSR count). The van der Waals surface area contributed by atoms with Gasteiger partial charge in [-0.1, -0.05) is 23.7 Å². The molecule has 0 saturated carbocycles. The molecule has 1 aromatic heterocycles. The van der Waals surface area contributed by atoms with E-state index in [0.717, 1.165) is 5.56 Å². The maximum atomic E-state index is 11.5. The van der Waals surface area contributed by atoms with Gasteiger partial charge in [-0.25, -0.2) is 5.43 Å². The Kier molecular flexibility index (Phi) is 4.15. The first-order valence-electron chi connectivity index (χ1n) is 5.47. The van der Waals surface area contributed by atoms with Gasteiger partial charge in [-0.2, -0.15) is 5.10 Å². The van der Waals surface area contributed by atoms with Crippen molar-refractivity contribution >= 4 is 23.7 Å². The number of halogens is 1. The molecule has 0 aliphatic carbocycles. The number of aromatic amines is 2. The van der Waals surface area contributed by atoms with Crippen LogP contribution in [0.5, 0.6) is 0 Å². The summed E-state index contributed by atoms with van der Waals surface area (Å²) in [4.78, 5) is 22.3. The fourth-order valence-corrected chi connectivity index (χ4v) is 1.53. The largest absolute Gasteiger partial charge is 0.302 e. The second-order valence-electron chi connectivity index (χ2n) is 3.81. The number of rotatable bonds is 4. The maximum Gasteiger partial charge on any atom is 0.264 e. The first-order chi connectivity index (χ1) is 9.13. The van der Waals surface area contributed by atoms with Gasteiger partial charge in [0.25, 0.3) is 5.56 Å². The summed E-state index contributed by atoms with van der Waals surface area (Å²) in [5, 5.41) is 9.38. The minimum absolute atomic E-state index is 0.0523. The Morgan fingerprint density at radius 1 is 1.32 bits per heavy atom. The predicted molar refractivity (Wildman–Crippen MR) is 72.3 cm³/mol. The van der Waals surface area contributed by atoms with Crippen LogP contribution in [0.1, 0.15) is 11.3 Å². The Bertz CT molecular complexity index is 642. The zero-order valence-corrected chi connectivity index (χ0v) is 10.6. The highest BCUT2D eigenvalue weighted by Gasteiger charge is 2.03. The smallest absolute Gasteiger partial charge is 0.264 e. The third kappa shape index (κ3) is 4.11. The zero-order valence-electron chi connectivity index (χ0n) is 9.81. The second kappa shape index (κ2) is 6.01. The van der Waals surface area contributed by atoms with Crippen molar-refractivity contribution in [2.75, 3.05) is 0 Å². The average Bonchev–Trinajstić information content (AvgIpc) is 2.77. The van der Waals surface area contributed by atoms with E-state index in [1.165, 1.54) is 12.3 Å². The minimum Gasteiger partial charge on any atom is -0.302 e. The third-order valence-corrected chi connectivity index (χ3v) is 2.53. The molecule has 3 N–H and O–H groups in total. The highest BCUT2D eigenvalue weighted by Crippen LogP contribution is 2.07. The Morgan fingerprint density at radius 2 is 2.05 bits per heavy atom. The Morgan fingerprint density at radius 3 is 2.68 bits per heavy atom. The molecule has 1 heterocycles. The lowest BCUT2D eigenvalue weighted by Crippen LogP contribution is -2.20. The lowest BCUT2D eigenvalue weighted by Gasteiger charge is -1.97. The van der Waals surface area contributed by atoms with Gasteiger partial charge in [0, 0.05) is 16.8 Å². The fraction of sp³-hybridized carbons (Fsp3) is 0.0833.